The summed E-state index contributed by atoms with van der Waals surface area (Å²) in [6.07, 6.45) is -2.87. The molecule has 0 amide bonds. The Morgan fingerprint density at radius 1 is 1.60 bits per heavy atom. The number of aromatic nitrogens is 1. The number of rotatable bonds is 3. The summed E-state index contributed by atoms with van der Waals surface area (Å²) in [6.45, 7) is 0. The molecular formula is C7H4Cl2F2N2O2. The van der Waals surface area contributed by atoms with Gasteiger partial charge >= 0.3 is 5.69 Å². The Morgan fingerprint density at radius 3 is 2.60 bits per heavy atom. The van der Waals surface area contributed by atoms with Crippen LogP contribution < -0.4 is 0 Å². The quantitative estimate of drug-likeness (QED) is 0.361. The van der Waals surface area contributed by atoms with Gasteiger partial charge in [-0.3, -0.25) is 10.1 Å². The highest BCUT2D eigenvalue weighted by atomic mass is 35.5. The van der Waals surface area contributed by atoms with E-state index in [1.165, 1.54) is 0 Å². The molecule has 1 heterocycles. The Bertz CT molecular complexity index is 401. The van der Waals surface area contributed by atoms with E-state index in [1.807, 2.05) is 0 Å². The van der Waals surface area contributed by atoms with Crippen LogP contribution in [0.1, 0.15) is 17.7 Å². The number of alkyl halides is 3. The number of nitrogens with zero attached hydrogens (tertiary/aromatic N) is 2. The molecular weight excluding hydrogens is 253 g/mol. The fraction of sp³-hybridized carbons (Fsp3) is 0.286. The lowest BCUT2D eigenvalue weighted by atomic mass is 10.2. The van der Waals surface area contributed by atoms with Crippen molar-refractivity contribution in [2.75, 3.05) is 0 Å². The number of pyridine rings is 1. The van der Waals surface area contributed by atoms with Crippen LogP contribution in [0.3, 0.4) is 0 Å². The van der Waals surface area contributed by atoms with Gasteiger partial charge in [0.05, 0.1) is 16.5 Å². The second-order valence-corrected chi connectivity index (χ2v) is 3.15. The second kappa shape index (κ2) is 4.67. The molecule has 0 bridgehead atoms. The second-order valence-electron chi connectivity index (χ2n) is 2.53. The monoisotopic (exact) mass is 256 g/mol. The van der Waals surface area contributed by atoms with Crippen LogP contribution in [0.4, 0.5) is 14.5 Å². The van der Waals surface area contributed by atoms with E-state index in [1.54, 1.807) is 0 Å². The minimum absolute atomic E-state index is 0.151. The van der Waals surface area contributed by atoms with Gasteiger partial charge in [-0.2, -0.15) is 0 Å². The van der Waals surface area contributed by atoms with Crippen LogP contribution in [-0.4, -0.2) is 9.91 Å². The Kier molecular flexibility index (Phi) is 3.76. The molecule has 0 aliphatic carbocycles. The molecule has 0 saturated carbocycles. The van der Waals surface area contributed by atoms with Crippen LogP contribution in [0.2, 0.25) is 5.15 Å². The molecule has 4 nitrogen and oxygen atoms in total. The van der Waals surface area contributed by atoms with E-state index in [-0.39, 0.29) is 11.6 Å². The average molecular weight is 257 g/mol. The van der Waals surface area contributed by atoms with Crippen molar-refractivity contribution < 1.29 is 13.7 Å². The van der Waals surface area contributed by atoms with Crippen molar-refractivity contribution in [2.45, 2.75) is 12.3 Å². The zero-order chi connectivity index (χ0) is 11.6. The summed E-state index contributed by atoms with van der Waals surface area (Å²) >= 11 is 10.8. The summed E-state index contributed by atoms with van der Waals surface area (Å²) in [4.78, 5) is 13.0. The molecule has 0 aliphatic heterocycles. The lowest BCUT2D eigenvalue weighted by Gasteiger charge is -2.05. The maximum atomic E-state index is 12.4. The molecule has 1 aromatic rings. The Morgan fingerprint density at radius 2 is 2.20 bits per heavy atom. The average Bonchev–Trinajstić information content (AvgIpc) is 2.16. The van der Waals surface area contributed by atoms with Crippen LogP contribution >= 0.6 is 23.2 Å². The minimum atomic E-state index is -2.87. The zero-order valence-corrected chi connectivity index (χ0v) is 8.60. The van der Waals surface area contributed by atoms with Crippen LogP contribution in [0, 0.1) is 10.1 Å². The molecule has 1 rings (SSSR count). The van der Waals surface area contributed by atoms with Gasteiger partial charge in [-0.1, -0.05) is 11.6 Å². The van der Waals surface area contributed by atoms with E-state index in [2.05, 4.69) is 4.98 Å². The Balaban J connectivity index is 3.37. The molecule has 82 valence electrons. The predicted octanol–water partition coefficient (Wildman–Crippen LogP) is 3.32. The first-order valence-electron chi connectivity index (χ1n) is 3.65. The smallest absolute Gasteiger partial charge is 0.258 e. The van der Waals surface area contributed by atoms with Crippen molar-refractivity contribution in [1.82, 2.24) is 4.98 Å². The third-order valence-electron chi connectivity index (χ3n) is 1.63. The maximum absolute atomic E-state index is 12.4. The first-order valence-corrected chi connectivity index (χ1v) is 4.56. The fourth-order valence-electron chi connectivity index (χ4n) is 0.954. The minimum Gasteiger partial charge on any atom is -0.258 e. The molecule has 0 atom stereocenters. The van der Waals surface area contributed by atoms with Gasteiger partial charge in [-0.25, -0.2) is 13.8 Å². The summed E-state index contributed by atoms with van der Waals surface area (Å²) < 4.78 is 24.9. The van der Waals surface area contributed by atoms with Gasteiger partial charge in [0.25, 0.3) is 6.43 Å². The van der Waals surface area contributed by atoms with E-state index in [4.69, 9.17) is 23.2 Å². The van der Waals surface area contributed by atoms with Crippen molar-refractivity contribution in [3.8, 4) is 0 Å². The summed E-state index contributed by atoms with van der Waals surface area (Å²) in [5.41, 5.74) is -1.37. The van der Waals surface area contributed by atoms with Gasteiger partial charge < -0.3 is 0 Å². The van der Waals surface area contributed by atoms with E-state index in [0.717, 1.165) is 0 Å². The summed E-state index contributed by atoms with van der Waals surface area (Å²) in [5, 5.41) is 9.96. The van der Waals surface area contributed by atoms with Crippen molar-refractivity contribution in [1.29, 1.82) is 0 Å². The molecule has 0 fully saturated rings. The van der Waals surface area contributed by atoms with Gasteiger partial charge in [0, 0.05) is 11.6 Å². The van der Waals surface area contributed by atoms with Crippen molar-refractivity contribution >= 4 is 28.9 Å². The first kappa shape index (κ1) is 12.1. The molecule has 0 radical (unpaired) electrons. The van der Waals surface area contributed by atoms with Gasteiger partial charge in [0.15, 0.2) is 0 Å². The number of hydrogen-bond donors (Lipinski definition) is 0. The van der Waals surface area contributed by atoms with E-state index in [0.29, 0.717) is 6.07 Å². The molecule has 8 heteroatoms. The van der Waals surface area contributed by atoms with E-state index < -0.39 is 27.8 Å². The van der Waals surface area contributed by atoms with Crippen LogP contribution in [0.25, 0.3) is 0 Å². The molecule has 0 spiro atoms. The van der Waals surface area contributed by atoms with Gasteiger partial charge in [0.1, 0.15) is 0 Å². The third-order valence-corrected chi connectivity index (χ3v) is 2.16. The molecule has 1 aromatic heterocycles. The third kappa shape index (κ3) is 2.51. The zero-order valence-electron chi connectivity index (χ0n) is 7.08. The number of halogens is 4. The van der Waals surface area contributed by atoms with Crippen molar-refractivity contribution in [2.24, 2.45) is 0 Å². The first-order chi connectivity index (χ1) is 6.97. The SMILES string of the molecule is O=[N+]([O-])c1cc(C(F)F)c(CCl)nc1Cl. The highest BCUT2D eigenvalue weighted by Gasteiger charge is 2.22. The highest BCUT2D eigenvalue weighted by molar-refractivity contribution is 6.31. The highest BCUT2D eigenvalue weighted by Crippen LogP contribution is 2.31. The normalized spacial score (nSPS) is 10.7. The van der Waals surface area contributed by atoms with Crippen LogP contribution in [-0.2, 0) is 5.88 Å². The van der Waals surface area contributed by atoms with E-state index in [9.17, 15) is 18.9 Å². The maximum Gasteiger partial charge on any atom is 0.306 e. The Labute approximate surface area is 93.0 Å². The number of nitro groups is 1. The van der Waals surface area contributed by atoms with Crippen LogP contribution in [0.5, 0.6) is 0 Å². The molecule has 0 aromatic carbocycles. The molecule has 0 N–H and O–H groups in total. The summed E-state index contributed by atoms with van der Waals surface area (Å²) in [7, 11) is 0. The largest absolute Gasteiger partial charge is 0.306 e. The number of hydrogen-bond acceptors (Lipinski definition) is 3. The predicted molar refractivity (Wildman–Crippen MR) is 50.4 cm³/mol. The van der Waals surface area contributed by atoms with Crippen molar-refractivity contribution in [3.63, 3.8) is 0 Å². The molecule has 0 unspecified atom stereocenters. The standard InChI is InChI=1S/C7H4Cl2F2N2O2/c8-2-4-3(7(10)11)1-5(13(14)15)6(9)12-4/h1,7H,2H2. The lowest BCUT2D eigenvalue weighted by molar-refractivity contribution is -0.385. The lowest BCUT2D eigenvalue weighted by Crippen LogP contribution is -2.00. The van der Waals surface area contributed by atoms with Gasteiger partial charge in [-0.05, 0) is 0 Å². The van der Waals surface area contributed by atoms with Gasteiger partial charge in [0.2, 0.25) is 5.15 Å². The van der Waals surface area contributed by atoms with Gasteiger partial charge in [-0.15, -0.1) is 11.6 Å². The van der Waals surface area contributed by atoms with Crippen LogP contribution in [0.15, 0.2) is 6.07 Å². The summed E-state index contributed by atoms with van der Waals surface area (Å²) in [5.74, 6) is -0.280. The fourth-order valence-corrected chi connectivity index (χ4v) is 1.39. The Hall–Kier alpha value is -1.01. The molecule has 0 aliphatic rings. The molecule has 15 heavy (non-hydrogen) atoms. The molecule has 0 saturated heterocycles. The summed E-state index contributed by atoms with van der Waals surface area (Å²) in [6, 6.07) is 0.692. The topological polar surface area (TPSA) is 56.0 Å². The van der Waals surface area contributed by atoms with Crippen molar-refractivity contribution in [3.05, 3.63) is 32.6 Å². The van der Waals surface area contributed by atoms with E-state index >= 15 is 0 Å².